The van der Waals surface area contributed by atoms with Gasteiger partial charge in [0.15, 0.2) is 0 Å². The molecule has 0 amide bonds. The Labute approximate surface area is 133 Å². The van der Waals surface area contributed by atoms with E-state index < -0.39 is 16.0 Å². The molecule has 7 heteroatoms. The summed E-state index contributed by atoms with van der Waals surface area (Å²) in [5, 5.41) is 0.409. The number of rotatable bonds is 3. The van der Waals surface area contributed by atoms with E-state index >= 15 is 0 Å². The molecule has 2 aromatic rings. The summed E-state index contributed by atoms with van der Waals surface area (Å²) in [7, 11) is -4.02. The van der Waals surface area contributed by atoms with Crippen LogP contribution in [0, 0.1) is 0 Å². The van der Waals surface area contributed by atoms with Gasteiger partial charge in [0.2, 0.25) is 5.90 Å². The van der Waals surface area contributed by atoms with Gasteiger partial charge >= 0.3 is 5.97 Å². The maximum atomic E-state index is 12.3. The first-order chi connectivity index (χ1) is 10.4. The van der Waals surface area contributed by atoms with Crippen LogP contribution in [0.2, 0.25) is 5.02 Å². The number of sulfonamides is 1. The minimum Gasteiger partial charge on any atom is -0.406 e. The summed E-state index contributed by atoms with van der Waals surface area (Å²) >= 11 is 5.73. The van der Waals surface area contributed by atoms with E-state index in [1.165, 1.54) is 31.2 Å². The molecule has 2 rings (SSSR count). The Bertz CT molecular complexity index is 799. The van der Waals surface area contributed by atoms with E-state index in [0.717, 1.165) is 0 Å². The Morgan fingerprint density at radius 1 is 1.05 bits per heavy atom. The van der Waals surface area contributed by atoms with Gasteiger partial charge in [0.1, 0.15) is 0 Å². The quantitative estimate of drug-likeness (QED) is 0.490. The molecule has 0 atom stereocenters. The molecule has 0 bridgehead atoms. The summed E-state index contributed by atoms with van der Waals surface area (Å²) in [6.07, 6.45) is 0. The zero-order valence-corrected chi connectivity index (χ0v) is 13.1. The number of benzene rings is 2. The summed E-state index contributed by atoms with van der Waals surface area (Å²) in [4.78, 5) is 11.1. The minimum absolute atomic E-state index is 0.0440. The predicted octanol–water partition coefficient (Wildman–Crippen LogP) is 3.04. The van der Waals surface area contributed by atoms with E-state index in [1.807, 2.05) is 0 Å². The molecule has 0 radical (unpaired) electrons. The van der Waals surface area contributed by atoms with Crippen molar-refractivity contribution in [1.82, 2.24) is 0 Å². The van der Waals surface area contributed by atoms with Crippen LogP contribution in [0.1, 0.15) is 12.5 Å². The van der Waals surface area contributed by atoms with Gasteiger partial charge in [0, 0.05) is 17.5 Å². The standard InChI is InChI=1S/C15H12ClNO4S/c1-11(18)21-15(12-5-3-2-4-6-12)17-22(19,20)14-9-7-13(16)8-10-14/h2-10H,1H3. The Kier molecular flexibility index (Phi) is 4.95. The van der Waals surface area contributed by atoms with E-state index in [9.17, 15) is 13.2 Å². The maximum absolute atomic E-state index is 12.3. The lowest BCUT2D eigenvalue weighted by Crippen LogP contribution is -2.13. The maximum Gasteiger partial charge on any atom is 0.309 e. The van der Waals surface area contributed by atoms with Crippen molar-refractivity contribution in [2.24, 2.45) is 4.40 Å². The Morgan fingerprint density at radius 3 is 2.18 bits per heavy atom. The van der Waals surface area contributed by atoms with Crippen LogP contribution in [-0.4, -0.2) is 20.3 Å². The van der Waals surface area contributed by atoms with Gasteiger partial charge in [-0.1, -0.05) is 29.8 Å². The number of hydrogen-bond donors (Lipinski definition) is 0. The molecule has 0 saturated heterocycles. The third-order valence-corrected chi connectivity index (χ3v) is 4.10. The van der Waals surface area contributed by atoms with Gasteiger partial charge in [0.25, 0.3) is 10.0 Å². The fourth-order valence-electron chi connectivity index (χ4n) is 1.62. The van der Waals surface area contributed by atoms with Gasteiger partial charge < -0.3 is 4.74 Å². The van der Waals surface area contributed by atoms with Crippen LogP contribution < -0.4 is 0 Å². The average Bonchev–Trinajstić information content (AvgIpc) is 2.47. The molecule has 0 fully saturated rings. The SMILES string of the molecule is CC(=O)OC(=NS(=O)(=O)c1ccc(Cl)cc1)c1ccccc1. The summed E-state index contributed by atoms with van der Waals surface area (Å²) < 4.78 is 33.1. The lowest BCUT2D eigenvalue weighted by molar-refractivity contribution is -0.132. The summed E-state index contributed by atoms with van der Waals surface area (Å²) in [6.45, 7) is 1.17. The van der Waals surface area contributed by atoms with Crippen molar-refractivity contribution in [3.05, 3.63) is 65.2 Å². The fourth-order valence-corrected chi connectivity index (χ4v) is 2.69. The number of hydrogen-bond acceptors (Lipinski definition) is 4. The predicted molar refractivity (Wildman–Crippen MR) is 83.4 cm³/mol. The molecule has 114 valence electrons. The molecule has 0 heterocycles. The molecule has 0 aliphatic rings. The van der Waals surface area contributed by atoms with Crippen molar-refractivity contribution in [1.29, 1.82) is 0 Å². The summed E-state index contributed by atoms with van der Waals surface area (Å²) in [5.41, 5.74) is 0.384. The van der Waals surface area contributed by atoms with Gasteiger partial charge in [-0.3, -0.25) is 4.79 Å². The molecule has 0 spiro atoms. The largest absolute Gasteiger partial charge is 0.406 e. The normalized spacial score (nSPS) is 12.0. The first-order valence-electron chi connectivity index (χ1n) is 6.23. The lowest BCUT2D eigenvalue weighted by Gasteiger charge is -2.06. The molecule has 2 aromatic carbocycles. The van der Waals surface area contributed by atoms with Gasteiger partial charge in [-0.2, -0.15) is 8.42 Å². The van der Waals surface area contributed by atoms with Crippen LogP contribution >= 0.6 is 11.6 Å². The van der Waals surface area contributed by atoms with Crippen LogP contribution in [0.15, 0.2) is 63.9 Å². The number of ether oxygens (including phenoxy) is 1. The van der Waals surface area contributed by atoms with Crippen LogP contribution in [0.4, 0.5) is 0 Å². The third-order valence-electron chi connectivity index (χ3n) is 2.58. The first kappa shape index (κ1) is 16.2. The number of esters is 1. The van der Waals surface area contributed by atoms with Crippen LogP contribution in [0.5, 0.6) is 0 Å². The Morgan fingerprint density at radius 2 is 1.64 bits per heavy atom. The molecule has 0 aromatic heterocycles. The molecule has 0 unspecified atom stereocenters. The van der Waals surface area contributed by atoms with E-state index in [1.54, 1.807) is 30.3 Å². The van der Waals surface area contributed by atoms with E-state index in [0.29, 0.717) is 10.6 Å². The van der Waals surface area contributed by atoms with Crippen LogP contribution in [0.3, 0.4) is 0 Å². The Hall–Kier alpha value is -2.18. The summed E-state index contributed by atoms with van der Waals surface area (Å²) in [6, 6.07) is 13.9. The highest BCUT2D eigenvalue weighted by atomic mass is 35.5. The highest BCUT2D eigenvalue weighted by molar-refractivity contribution is 7.90. The molecular weight excluding hydrogens is 326 g/mol. The molecule has 0 saturated carbocycles. The van der Waals surface area contributed by atoms with Gasteiger partial charge in [-0.05, 0) is 36.4 Å². The summed E-state index contributed by atoms with van der Waals surface area (Å²) in [5.74, 6) is -0.933. The Balaban J connectivity index is 2.48. The molecular formula is C15H12ClNO4S. The van der Waals surface area contributed by atoms with Crippen molar-refractivity contribution in [2.45, 2.75) is 11.8 Å². The number of nitrogens with zero attached hydrogens (tertiary/aromatic N) is 1. The third kappa shape index (κ3) is 4.16. The molecule has 0 aliphatic carbocycles. The van der Waals surface area contributed by atoms with Crippen molar-refractivity contribution < 1.29 is 17.9 Å². The number of carbonyl (C=O) groups excluding carboxylic acids is 1. The van der Waals surface area contributed by atoms with Gasteiger partial charge in [0.05, 0.1) is 4.90 Å². The highest BCUT2D eigenvalue weighted by Crippen LogP contribution is 2.17. The van der Waals surface area contributed by atoms with E-state index in [4.69, 9.17) is 16.3 Å². The van der Waals surface area contributed by atoms with E-state index in [2.05, 4.69) is 4.40 Å². The molecule has 0 N–H and O–H groups in total. The van der Waals surface area contributed by atoms with Crippen molar-refractivity contribution in [2.75, 3.05) is 0 Å². The van der Waals surface area contributed by atoms with Crippen molar-refractivity contribution >= 4 is 33.5 Å². The van der Waals surface area contributed by atoms with Gasteiger partial charge in [-0.25, -0.2) is 0 Å². The van der Waals surface area contributed by atoms with Crippen molar-refractivity contribution in [3.8, 4) is 0 Å². The second-order valence-corrected chi connectivity index (χ2v) is 6.33. The lowest BCUT2D eigenvalue weighted by atomic mass is 10.2. The zero-order chi connectivity index (χ0) is 16.2. The molecule has 22 heavy (non-hydrogen) atoms. The van der Waals surface area contributed by atoms with Gasteiger partial charge in [-0.15, -0.1) is 4.40 Å². The van der Waals surface area contributed by atoms with E-state index in [-0.39, 0.29) is 10.8 Å². The second-order valence-electron chi connectivity index (χ2n) is 4.29. The smallest absolute Gasteiger partial charge is 0.309 e. The molecule has 0 aliphatic heterocycles. The minimum atomic E-state index is -4.02. The monoisotopic (exact) mass is 337 g/mol. The average molecular weight is 338 g/mol. The topological polar surface area (TPSA) is 72.8 Å². The molecule has 5 nitrogen and oxygen atoms in total. The fraction of sp³-hybridized carbons (Fsp3) is 0.0667. The zero-order valence-electron chi connectivity index (χ0n) is 11.6. The van der Waals surface area contributed by atoms with Crippen LogP contribution in [-0.2, 0) is 19.6 Å². The van der Waals surface area contributed by atoms with Crippen LogP contribution in [0.25, 0.3) is 0 Å². The first-order valence-corrected chi connectivity index (χ1v) is 8.05. The highest BCUT2D eigenvalue weighted by Gasteiger charge is 2.17. The van der Waals surface area contributed by atoms with Crippen molar-refractivity contribution in [3.63, 3.8) is 0 Å². The number of carbonyl (C=O) groups is 1. The second kappa shape index (κ2) is 6.72. The number of halogens is 1.